The van der Waals surface area contributed by atoms with Crippen molar-refractivity contribution in [3.8, 4) is 0 Å². The van der Waals surface area contributed by atoms with Crippen molar-refractivity contribution >= 4 is 128 Å². The monoisotopic (exact) mass is 1950 g/mol. The van der Waals surface area contributed by atoms with Crippen LogP contribution in [-0.2, 0) is 44.9 Å². The molecule has 0 aliphatic carbocycles. The summed E-state index contributed by atoms with van der Waals surface area (Å²) < 4.78 is 0. The summed E-state index contributed by atoms with van der Waals surface area (Å²) in [5, 5.41) is 8.01. The van der Waals surface area contributed by atoms with Gasteiger partial charge in [-0.1, -0.05) is 354 Å². The number of Topliss-reactive ketones (excluding diaryl/α,β-unsaturated/α-hetero) is 7. The van der Waals surface area contributed by atoms with E-state index in [4.69, 9.17) is 11.6 Å². The highest BCUT2D eigenvalue weighted by Gasteiger charge is 2.20. The summed E-state index contributed by atoms with van der Waals surface area (Å²) >= 11 is 6.09. The fourth-order valence-electron chi connectivity index (χ4n) is 17.4. The zero-order chi connectivity index (χ0) is 104. The number of carbonyl (C=O) groups excluding carboxylic acids is 7. The van der Waals surface area contributed by atoms with E-state index in [1.54, 1.807) is 12.1 Å². The van der Waals surface area contributed by atoms with Gasteiger partial charge in [0.1, 0.15) is 0 Å². The minimum absolute atomic E-state index is 0.0106. The van der Waals surface area contributed by atoms with Gasteiger partial charge in [-0.05, 0) is 202 Å². The number of pyridine rings is 7. The molecule has 7 heterocycles. The van der Waals surface area contributed by atoms with Gasteiger partial charge < -0.3 is 0 Å². The van der Waals surface area contributed by atoms with E-state index in [1.165, 1.54) is 0 Å². The fraction of sp³-hybridized carbons (Fsp3) is 0.152. The summed E-state index contributed by atoms with van der Waals surface area (Å²) in [5.41, 5.74) is 32.0. The van der Waals surface area contributed by atoms with Gasteiger partial charge in [0.15, 0.2) is 40.5 Å². The molecular formula is C132H116ClN7O7. The summed E-state index contributed by atoms with van der Waals surface area (Å²) in [6, 6.07) is 124. The molecule has 15 heteroatoms. The van der Waals surface area contributed by atoms with Gasteiger partial charge in [-0.25, -0.2) is 0 Å². The molecule has 0 amide bonds. The maximum Gasteiger partial charge on any atom is 0.168 e. The number of nitrogens with zero attached hydrogens (tertiary/aromatic N) is 7. The van der Waals surface area contributed by atoms with Gasteiger partial charge in [-0.2, -0.15) is 0 Å². The van der Waals surface area contributed by atoms with Crippen LogP contribution in [0.2, 0.25) is 5.02 Å². The molecular weight excluding hydrogens is 1830 g/mol. The average molecular weight is 1950 g/mol. The maximum atomic E-state index is 12.5. The third-order valence-corrected chi connectivity index (χ3v) is 25.7. The minimum Gasteiger partial charge on any atom is -0.294 e. The molecule has 0 fully saturated rings. The van der Waals surface area contributed by atoms with Gasteiger partial charge in [-0.3, -0.25) is 68.4 Å². The molecule has 0 aliphatic rings. The molecule has 21 rings (SSSR count). The molecule has 0 unspecified atom stereocenters. The smallest absolute Gasteiger partial charge is 0.168 e. The van der Waals surface area contributed by atoms with Crippen molar-refractivity contribution in [3.63, 3.8) is 0 Å². The second kappa shape index (κ2) is 49.3. The van der Waals surface area contributed by atoms with Gasteiger partial charge in [0.05, 0.1) is 43.6 Å². The molecule has 728 valence electrons. The van der Waals surface area contributed by atoms with Gasteiger partial charge in [0, 0.05) is 161 Å². The maximum absolute atomic E-state index is 12.5. The SMILES string of the molecule is Cc1ccc(C(=O)Cc2cccc3ccc(C)nc23)cc1.Cc1ccc(C(=O)Cc2cccc3ccc(C)nc23)cc1.Cc1ccc(C(=O)Cc2cccc3ccc(C)nc23)cc1.Cc1ccc2cccc(CC(=O)c3ccccc3Cl)c2n1.Cc1cccc(C(=O)Cc2cccc3ccc(C)nc23)c1.Cc1cccc(C(=O)Cc2cccc3ccc(C)nc23)c1.Cc1cccc(C(=O)Cc2cccc3ccc(C)nc23)c1. The van der Waals surface area contributed by atoms with E-state index in [9.17, 15) is 33.6 Å². The molecule has 0 N–H and O–H groups in total. The molecule has 0 atom stereocenters. The van der Waals surface area contributed by atoms with Crippen LogP contribution in [0, 0.1) is 90.0 Å². The number of hydrogen-bond donors (Lipinski definition) is 0. The number of hydrogen-bond acceptors (Lipinski definition) is 14. The first-order valence-corrected chi connectivity index (χ1v) is 49.7. The molecule has 14 aromatic carbocycles. The molecule has 0 bridgehead atoms. The van der Waals surface area contributed by atoms with Crippen LogP contribution in [0.3, 0.4) is 0 Å². The topological polar surface area (TPSA) is 210 Å². The lowest BCUT2D eigenvalue weighted by Gasteiger charge is -2.07. The predicted octanol–water partition coefficient (Wildman–Crippen LogP) is 30.3. The Morgan fingerprint density at radius 2 is 0.354 bits per heavy atom. The summed E-state index contributed by atoms with van der Waals surface area (Å²) in [7, 11) is 0. The van der Waals surface area contributed by atoms with Crippen molar-refractivity contribution in [2.24, 2.45) is 0 Å². The van der Waals surface area contributed by atoms with Crippen molar-refractivity contribution in [2.45, 2.75) is 135 Å². The first kappa shape index (κ1) is 104. The van der Waals surface area contributed by atoms with Crippen molar-refractivity contribution in [2.75, 3.05) is 0 Å². The van der Waals surface area contributed by atoms with Gasteiger partial charge in [-0.15, -0.1) is 0 Å². The van der Waals surface area contributed by atoms with E-state index < -0.39 is 0 Å². The number of fused-ring (bicyclic) bond motifs is 7. The standard InChI is InChI=1S/6C19H17NO.C18H14ClNO/c3*1-13-5-3-7-16(11-13)18(21)12-17-8-4-6-15-10-9-14(2)20-19(15)17;3*1-13-6-9-15(10-7-13)18(21)12-17-5-3-4-16-11-8-14(2)20-19(16)17;1-12-9-10-13-5-4-6-14(18(13)20-12)11-17(21)15-7-2-3-8-16(15)19/h6*3-11H,12H2,1-2H3;2-10H,11H2,1H3. The first-order chi connectivity index (χ1) is 70.9. The molecule has 14 nitrogen and oxygen atoms in total. The summed E-state index contributed by atoms with van der Waals surface area (Å²) in [6.45, 7) is 25.8. The number of para-hydroxylation sites is 7. The number of benzene rings is 14. The lowest BCUT2D eigenvalue weighted by molar-refractivity contribution is 0.0985. The third-order valence-electron chi connectivity index (χ3n) is 25.4. The third kappa shape index (κ3) is 28.3. The highest BCUT2D eigenvalue weighted by atomic mass is 35.5. The lowest BCUT2D eigenvalue weighted by atomic mass is 9.99. The lowest BCUT2D eigenvalue weighted by Crippen LogP contribution is -2.05. The fourth-order valence-corrected chi connectivity index (χ4v) is 17.7. The second-order valence-electron chi connectivity index (χ2n) is 37.5. The zero-order valence-electron chi connectivity index (χ0n) is 85.2. The predicted molar refractivity (Wildman–Crippen MR) is 600 cm³/mol. The van der Waals surface area contributed by atoms with Crippen LogP contribution >= 0.6 is 11.6 Å². The van der Waals surface area contributed by atoms with Crippen molar-refractivity contribution in [3.05, 3.63) is 538 Å². The van der Waals surface area contributed by atoms with Crippen molar-refractivity contribution in [1.82, 2.24) is 34.9 Å². The number of halogens is 1. The van der Waals surface area contributed by atoms with Gasteiger partial charge in [0.2, 0.25) is 0 Å². The van der Waals surface area contributed by atoms with E-state index in [2.05, 4.69) is 71.3 Å². The van der Waals surface area contributed by atoms with E-state index in [1.807, 2.05) is 424 Å². The first-order valence-electron chi connectivity index (χ1n) is 49.3. The van der Waals surface area contributed by atoms with Crippen LogP contribution in [-0.4, -0.2) is 75.4 Å². The number of aryl methyl sites for hydroxylation is 13. The summed E-state index contributed by atoms with van der Waals surface area (Å²) in [5.74, 6) is 0.803. The normalized spacial score (nSPS) is 10.8. The van der Waals surface area contributed by atoms with Crippen LogP contribution in [0.15, 0.2) is 382 Å². The van der Waals surface area contributed by atoms with Crippen LogP contribution in [0.5, 0.6) is 0 Å². The molecule has 0 saturated carbocycles. The number of aromatic nitrogens is 7. The largest absolute Gasteiger partial charge is 0.294 e. The van der Waals surface area contributed by atoms with Crippen LogP contribution < -0.4 is 0 Å². The average Bonchev–Trinajstić information content (AvgIpc) is 0.602. The second-order valence-corrected chi connectivity index (χ2v) is 37.9. The van der Waals surface area contributed by atoms with E-state index in [0.29, 0.717) is 55.5 Å². The van der Waals surface area contributed by atoms with Gasteiger partial charge >= 0.3 is 0 Å². The highest BCUT2D eigenvalue weighted by molar-refractivity contribution is 6.34. The Morgan fingerprint density at radius 1 is 0.170 bits per heavy atom. The minimum atomic E-state index is 0.0106. The number of carbonyl (C=O) groups is 7. The number of ketones is 7. The summed E-state index contributed by atoms with van der Waals surface area (Å²) in [4.78, 5) is 119. The Hall–Kier alpha value is -17.1. The van der Waals surface area contributed by atoms with Crippen LogP contribution in [0.4, 0.5) is 0 Å². The highest BCUT2D eigenvalue weighted by Crippen LogP contribution is 2.30. The molecule has 0 spiro atoms. The molecule has 0 saturated heterocycles. The van der Waals surface area contributed by atoms with Crippen LogP contribution in [0.1, 0.15) is 185 Å². The quantitative estimate of drug-likeness (QED) is 0.0613. The van der Waals surface area contributed by atoms with Crippen molar-refractivity contribution in [1.29, 1.82) is 0 Å². The Morgan fingerprint density at radius 3 is 0.551 bits per heavy atom. The Balaban J connectivity index is 0.000000129. The van der Waals surface area contributed by atoms with E-state index in [-0.39, 0.29) is 40.5 Å². The molecule has 147 heavy (non-hydrogen) atoms. The Labute approximate surface area is 864 Å². The molecule has 21 aromatic rings. The zero-order valence-corrected chi connectivity index (χ0v) is 85.9. The molecule has 0 radical (unpaired) electrons. The van der Waals surface area contributed by atoms with E-state index >= 15 is 0 Å². The van der Waals surface area contributed by atoms with Crippen LogP contribution in [0.25, 0.3) is 76.3 Å². The molecule has 7 aromatic heterocycles. The number of rotatable bonds is 21. The van der Waals surface area contributed by atoms with E-state index in [0.717, 1.165) is 222 Å². The Kier molecular flexibility index (Phi) is 35.0. The van der Waals surface area contributed by atoms with Crippen molar-refractivity contribution < 1.29 is 33.6 Å². The van der Waals surface area contributed by atoms with Gasteiger partial charge in [0.25, 0.3) is 0 Å². The summed E-state index contributed by atoms with van der Waals surface area (Å²) in [6.07, 6.45) is 2.62. The Bertz CT molecular complexity index is 7800. The molecule has 0 aliphatic heterocycles.